The lowest BCUT2D eigenvalue weighted by Gasteiger charge is -2.19. The Hall–Kier alpha value is -3.85. The van der Waals surface area contributed by atoms with E-state index in [0.717, 1.165) is 22.6 Å². The molecule has 1 aliphatic rings. The van der Waals surface area contributed by atoms with E-state index in [1.807, 2.05) is 66.7 Å². The van der Waals surface area contributed by atoms with Gasteiger partial charge in [-0.05, 0) is 42.0 Å². The minimum absolute atomic E-state index is 0.143. The Morgan fingerprint density at radius 2 is 1.94 bits per heavy atom. The maximum absolute atomic E-state index is 13.1. The van der Waals surface area contributed by atoms with Crippen molar-refractivity contribution < 1.29 is 13.9 Å². The molecule has 0 bridgehead atoms. The zero-order chi connectivity index (χ0) is 22.6. The second kappa shape index (κ2) is 9.33. The number of hydrogen-bond donors (Lipinski definition) is 1. The largest absolute Gasteiger partial charge is 0.497 e. The zero-order valence-corrected chi connectivity index (χ0v) is 18.7. The monoisotopic (exact) mass is 459 g/mol. The lowest BCUT2D eigenvalue weighted by atomic mass is 10.0. The second-order valence-corrected chi connectivity index (χ2v) is 8.31. The average Bonchev–Trinajstić information content (AvgIpc) is 3.64. The summed E-state index contributed by atoms with van der Waals surface area (Å²) in [4.78, 5) is 17.6. The molecular formula is C24H21N5O3S. The van der Waals surface area contributed by atoms with E-state index in [9.17, 15) is 4.79 Å². The van der Waals surface area contributed by atoms with Gasteiger partial charge in [0.15, 0.2) is 5.82 Å². The number of methoxy groups -OCH3 is 1. The first-order valence-electron chi connectivity index (χ1n) is 10.4. The lowest BCUT2D eigenvalue weighted by molar-refractivity contribution is -0.130. The van der Waals surface area contributed by atoms with Crippen LogP contribution in [0.25, 0.3) is 11.4 Å². The molecule has 2 aromatic heterocycles. The Balaban J connectivity index is 1.32. The number of furan rings is 1. The SMILES string of the molecule is COc1ccc(C2=NN(C(=O)CSc3n[nH]c(-c4ccccc4)n3)C(c3ccco3)C2)cc1. The van der Waals surface area contributed by atoms with Gasteiger partial charge in [-0.15, -0.1) is 5.10 Å². The number of hydrogen-bond acceptors (Lipinski definition) is 7. The van der Waals surface area contributed by atoms with Crippen molar-refractivity contribution in [2.24, 2.45) is 5.10 Å². The summed E-state index contributed by atoms with van der Waals surface area (Å²) in [6, 6.07) is 20.8. The van der Waals surface area contributed by atoms with Crippen molar-refractivity contribution >= 4 is 23.4 Å². The third kappa shape index (κ3) is 4.54. The molecule has 1 atom stereocenters. The molecule has 9 heteroatoms. The van der Waals surface area contributed by atoms with Crippen LogP contribution in [0.15, 0.2) is 87.7 Å². The third-order valence-electron chi connectivity index (χ3n) is 5.30. The number of thioether (sulfide) groups is 1. The topological polar surface area (TPSA) is 96.6 Å². The van der Waals surface area contributed by atoms with E-state index in [1.165, 1.54) is 16.8 Å². The molecular weight excluding hydrogens is 438 g/mol. The van der Waals surface area contributed by atoms with Crippen LogP contribution in [0.2, 0.25) is 0 Å². The Morgan fingerprint density at radius 1 is 1.12 bits per heavy atom. The summed E-state index contributed by atoms with van der Waals surface area (Å²) in [6.07, 6.45) is 2.17. The van der Waals surface area contributed by atoms with Gasteiger partial charge in [-0.3, -0.25) is 9.89 Å². The minimum Gasteiger partial charge on any atom is -0.497 e. The molecule has 0 radical (unpaired) electrons. The van der Waals surface area contributed by atoms with Crippen LogP contribution in [0.1, 0.15) is 23.8 Å². The molecule has 8 nitrogen and oxygen atoms in total. The number of amides is 1. The van der Waals surface area contributed by atoms with Crippen LogP contribution in [0, 0.1) is 0 Å². The number of carbonyl (C=O) groups is 1. The van der Waals surface area contributed by atoms with E-state index in [0.29, 0.717) is 23.2 Å². The lowest BCUT2D eigenvalue weighted by Crippen LogP contribution is -2.28. The Labute approximate surface area is 194 Å². The highest BCUT2D eigenvalue weighted by atomic mass is 32.2. The number of nitrogens with one attached hydrogen (secondary N) is 1. The first-order chi connectivity index (χ1) is 16.2. The fourth-order valence-corrected chi connectivity index (χ4v) is 4.28. The first-order valence-corrected chi connectivity index (χ1v) is 11.4. The van der Waals surface area contributed by atoms with Crippen molar-refractivity contribution in [1.82, 2.24) is 20.2 Å². The summed E-state index contributed by atoms with van der Waals surface area (Å²) in [5.74, 6) is 2.15. The number of rotatable bonds is 7. The summed E-state index contributed by atoms with van der Waals surface area (Å²) in [6.45, 7) is 0. The fourth-order valence-electron chi connectivity index (χ4n) is 3.63. The quantitative estimate of drug-likeness (QED) is 0.408. The summed E-state index contributed by atoms with van der Waals surface area (Å²) >= 11 is 1.27. The molecule has 1 unspecified atom stereocenters. The molecule has 0 saturated carbocycles. The van der Waals surface area contributed by atoms with Gasteiger partial charge in [0.2, 0.25) is 5.16 Å². The highest BCUT2D eigenvalue weighted by Crippen LogP contribution is 2.34. The smallest absolute Gasteiger partial charge is 0.253 e. The van der Waals surface area contributed by atoms with E-state index in [1.54, 1.807) is 13.4 Å². The number of ether oxygens (including phenoxy) is 1. The molecule has 3 heterocycles. The third-order valence-corrected chi connectivity index (χ3v) is 6.13. The van der Waals surface area contributed by atoms with Crippen LogP contribution >= 0.6 is 11.8 Å². The molecule has 1 amide bonds. The van der Waals surface area contributed by atoms with Crippen molar-refractivity contribution in [3.63, 3.8) is 0 Å². The van der Waals surface area contributed by atoms with Gasteiger partial charge >= 0.3 is 0 Å². The predicted octanol–water partition coefficient (Wildman–Crippen LogP) is 4.54. The van der Waals surface area contributed by atoms with Gasteiger partial charge in [0, 0.05) is 12.0 Å². The molecule has 0 saturated heterocycles. The van der Waals surface area contributed by atoms with Crippen molar-refractivity contribution in [3.8, 4) is 17.1 Å². The summed E-state index contributed by atoms with van der Waals surface area (Å²) < 4.78 is 10.8. The first kappa shape index (κ1) is 21.0. The number of benzene rings is 2. The van der Waals surface area contributed by atoms with Crippen LogP contribution in [0.3, 0.4) is 0 Å². The molecule has 5 rings (SSSR count). The maximum atomic E-state index is 13.1. The number of H-pyrrole nitrogens is 1. The number of carbonyl (C=O) groups excluding carboxylic acids is 1. The second-order valence-electron chi connectivity index (χ2n) is 7.37. The van der Waals surface area contributed by atoms with Gasteiger partial charge in [-0.2, -0.15) is 5.10 Å². The Kier molecular flexibility index (Phi) is 5.95. The van der Waals surface area contributed by atoms with E-state index in [4.69, 9.17) is 9.15 Å². The Bertz CT molecular complexity index is 1250. The van der Waals surface area contributed by atoms with Crippen molar-refractivity contribution in [2.75, 3.05) is 12.9 Å². The Morgan fingerprint density at radius 3 is 2.67 bits per heavy atom. The molecule has 0 fully saturated rings. The molecule has 4 aromatic rings. The van der Waals surface area contributed by atoms with Gasteiger partial charge in [0.05, 0.1) is 24.8 Å². The molecule has 166 valence electrons. The molecule has 0 spiro atoms. The molecule has 2 aromatic carbocycles. The van der Waals surface area contributed by atoms with E-state index >= 15 is 0 Å². The number of nitrogens with zero attached hydrogens (tertiary/aromatic N) is 4. The average molecular weight is 460 g/mol. The maximum Gasteiger partial charge on any atom is 0.253 e. The highest BCUT2D eigenvalue weighted by Gasteiger charge is 2.34. The predicted molar refractivity (Wildman–Crippen MR) is 125 cm³/mol. The standard InChI is InChI=1S/C24H21N5O3S/c1-31-18-11-9-16(10-12-18)19-14-20(21-8-5-13-32-21)29(28-19)22(30)15-33-24-25-23(26-27-24)17-6-3-2-4-7-17/h2-13,20H,14-15H2,1H3,(H,25,26,27). The van der Waals surface area contributed by atoms with Gasteiger partial charge in [-0.25, -0.2) is 9.99 Å². The van der Waals surface area contributed by atoms with Crippen molar-refractivity contribution in [2.45, 2.75) is 17.6 Å². The van der Waals surface area contributed by atoms with Crippen molar-refractivity contribution in [1.29, 1.82) is 0 Å². The zero-order valence-electron chi connectivity index (χ0n) is 17.8. The van der Waals surface area contributed by atoms with Crippen LogP contribution in [0.5, 0.6) is 5.75 Å². The van der Waals surface area contributed by atoms with E-state index in [2.05, 4.69) is 20.3 Å². The van der Waals surface area contributed by atoms with E-state index < -0.39 is 0 Å². The number of hydrazone groups is 1. The molecule has 1 N–H and O–H groups in total. The van der Waals surface area contributed by atoms with Crippen LogP contribution in [0.4, 0.5) is 0 Å². The summed E-state index contributed by atoms with van der Waals surface area (Å²) in [5.41, 5.74) is 2.70. The van der Waals surface area contributed by atoms with E-state index in [-0.39, 0.29) is 17.7 Å². The van der Waals surface area contributed by atoms with Crippen LogP contribution in [-0.4, -0.2) is 44.7 Å². The normalized spacial score (nSPS) is 15.5. The van der Waals surface area contributed by atoms with Gasteiger partial charge in [-0.1, -0.05) is 42.1 Å². The highest BCUT2D eigenvalue weighted by molar-refractivity contribution is 7.99. The number of aromatic nitrogens is 3. The van der Waals surface area contributed by atoms with Crippen molar-refractivity contribution in [3.05, 3.63) is 84.3 Å². The minimum atomic E-state index is -0.294. The summed E-state index contributed by atoms with van der Waals surface area (Å²) in [5, 5.41) is 13.8. The van der Waals surface area contributed by atoms with Crippen LogP contribution < -0.4 is 4.74 Å². The fraction of sp³-hybridized carbons (Fsp3) is 0.167. The van der Waals surface area contributed by atoms with Gasteiger partial charge in [0.1, 0.15) is 17.6 Å². The van der Waals surface area contributed by atoms with Gasteiger partial charge < -0.3 is 9.15 Å². The molecule has 0 aliphatic carbocycles. The summed E-state index contributed by atoms with van der Waals surface area (Å²) in [7, 11) is 1.63. The number of aromatic amines is 1. The van der Waals surface area contributed by atoms with Crippen LogP contribution in [-0.2, 0) is 4.79 Å². The molecule has 1 aliphatic heterocycles. The van der Waals surface area contributed by atoms with Gasteiger partial charge in [0.25, 0.3) is 5.91 Å². The molecule has 33 heavy (non-hydrogen) atoms.